The van der Waals surface area contributed by atoms with Gasteiger partial charge in [-0.25, -0.2) is 0 Å². The number of rotatable bonds is 5. The number of nitrogens with one attached hydrogen (secondary N) is 1. The smallest absolute Gasteiger partial charge is 0.134 e. The molecule has 18 heavy (non-hydrogen) atoms. The first-order valence-corrected chi connectivity index (χ1v) is 7.34. The van der Waals surface area contributed by atoms with Crippen molar-refractivity contribution in [3.63, 3.8) is 0 Å². The van der Waals surface area contributed by atoms with Crippen molar-refractivity contribution in [3.05, 3.63) is 34.0 Å². The van der Waals surface area contributed by atoms with Gasteiger partial charge in [-0.05, 0) is 37.1 Å². The van der Waals surface area contributed by atoms with Crippen LogP contribution in [0, 0.1) is 0 Å². The standard InChI is InChI=1S/C15H20BrNO/c1-4-7-17-9-14-15(10(2)3)12-8-11(16)5-6-13(12)18-14/h5-6,8,10,17H,4,7,9H2,1-3H3. The maximum Gasteiger partial charge on any atom is 0.134 e. The first-order chi connectivity index (χ1) is 8.63. The number of hydrogen-bond acceptors (Lipinski definition) is 2. The lowest BCUT2D eigenvalue weighted by molar-refractivity contribution is 0.504. The lowest BCUT2D eigenvalue weighted by Gasteiger charge is -2.07. The molecule has 0 aliphatic carbocycles. The molecule has 1 N–H and O–H groups in total. The highest BCUT2D eigenvalue weighted by Gasteiger charge is 2.16. The molecule has 0 radical (unpaired) electrons. The van der Waals surface area contributed by atoms with E-state index in [0.29, 0.717) is 5.92 Å². The molecule has 1 aromatic carbocycles. The van der Waals surface area contributed by atoms with Crippen LogP contribution in [0.2, 0.25) is 0 Å². The molecule has 2 aromatic rings. The van der Waals surface area contributed by atoms with E-state index in [1.165, 1.54) is 10.9 Å². The quantitative estimate of drug-likeness (QED) is 0.801. The van der Waals surface area contributed by atoms with Gasteiger partial charge >= 0.3 is 0 Å². The van der Waals surface area contributed by atoms with Crippen LogP contribution in [0.4, 0.5) is 0 Å². The number of benzene rings is 1. The molecule has 0 bridgehead atoms. The van der Waals surface area contributed by atoms with Gasteiger partial charge in [0.2, 0.25) is 0 Å². The van der Waals surface area contributed by atoms with Crippen LogP contribution in [0.5, 0.6) is 0 Å². The van der Waals surface area contributed by atoms with Gasteiger partial charge in [-0.1, -0.05) is 36.7 Å². The Morgan fingerprint density at radius 3 is 2.78 bits per heavy atom. The third-order valence-corrected chi connectivity index (χ3v) is 3.55. The highest BCUT2D eigenvalue weighted by molar-refractivity contribution is 9.10. The van der Waals surface area contributed by atoms with E-state index in [0.717, 1.165) is 35.3 Å². The fraction of sp³-hybridized carbons (Fsp3) is 0.467. The van der Waals surface area contributed by atoms with Gasteiger partial charge in [-0.2, -0.15) is 0 Å². The zero-order chi connectivity index (χ0) is 13.1. The average Bonchev–Trinajstić information content (AvgIpc) is 2.67. The molecule has 0 spiro atoms. The van der Waals surface area contributed by atoms with Gasteiger partial charge in [-0.15, -0.1) is 0 Å². The Morgan fingerprint density at radius 1 is 1.33 bits per heavy atom. The summed E-state index contributed by atoms with van der Waals surface area (Å²) in [6.07, 6.45) is 1.14. The second-order valence-electron chi connectivity index (χ2n) is 4.91. The fourth-order valence-corrected chi connectivity index (χ4v) is 2.64. The molecular formula is C15H20BrNO. The van der Waals surface area contributed by atoms with Gasteiger partial charge in [0.15, 0.2) is 0 Å². The summed E-state index contributed by atoms with van der Waals surface area (Å²) in [4.78, 5) is 0. The van der Waals surface area contributed by atoms with Crippen LogP contribution in [0.25, 0.3) is 11.0 Å². The van der Waals surface area contributed by atoms with E-state index in [4.69, 9.17) is 4.42 Å². The average molecular weight is 310 g/mol. The molecule has 0 amide bonds. The molecule has 0 saturated carbocycles. The van der Waals surface area contributed by atoms with Crippen LogP contribution in [-0.4, -0.2) is 6.54 Å². The molecule has 1 heterocycles. The first-order valence-electron chi connectivity index (χ1n) is 6.55. The van der Waals surface area contributed by atoms with Gasteiger partial charge in [-0.3, -0.25) is 0 Å². The summed E-state index contributed by atoms with van der Waals surface area (Å²) >= 11 is 3.53. The van der Waals surface area contributed by atoms with Crippen molar-refractivity contribution in [1.82, 2.24) is 5.32 Å². The number of halogens is 1. The van der Waals surface area contributed by atoms with Crippen LogP contribution in [0.15, 0.2) is 27.1 Å². The minimum absolute atomic E-state index is 0.471. The first kappa shape index (κ1) is 13.6. The number of hydrogen-bond donors (Lipinski definition) is 1. The third kappa shape index (κ3) is 2.78. The minimum atomic E-state index is 0.471. The van der Waals surface area contributed by atoms with Crippen LogP contribution < -0.4 is 5.32 Å². The molecule has 0 unspecified atom stereocenters. The minimum Gasteiger partial charge on any atom is -0.459 e. The van der Waals surface area contributed by atoms with Crippen LogP contribution in [-0.2, 0) is 6.54 Å². The Balaban J connectivity index is 2.41. The van der Waals surface area contributed by atoms with Crippen molar-refractivity contribution in [2.75, 3.05) is 6.54 Å². The van der Waals surface area contributed by atoms with Crippen molar-refractivity contribution < 1.29 is 4.42 Å². The molecule has 2 nitrogen and oxygen atoms in total. The topological polar surface area (TPSA) is 25.2 Å². The summed E-state index contributed by atoms with van der Waals surface area (Å²) in [5.41, 5.74) is 2.31. The summed E-state index contributed by atoms with van der Waals surface area (Å²) in [6, 6.07) is 6.21. The third-order valence-electron chi connectivity index (χ3n) is 3.06. The Morgan fingerprint density at radius 2 is 2.11 bits per heavy atom. The van der Waals surface area contributed by atoms with Crippen molar-refractivity contribution in [2.45, 2.75) is 39.7 Å². The molecule has 2 rings (SSSR count). The van der Waals surface area contributed by atoms with Crippen LogP contribution in [0.3, 0.4) is 0 Å². The van der Waals surface area contributed by atoms with E-state index >= 15 is 0 Å². The summed E-state index contributed by atoms with van der Waals surface area (Å²) in [7, 11) is 0. The highest BCUT2D eigenvalue weighted by atomic mass is 79.9. The van der Waals surface area contributed by atoms with E-state index in [1.54, 1.807) is 0 Å². The molecule has 0 aliphatic rings. The Hall–Kier alpha value is -0.800. The maximum atomic E-state index is 5.98. The van der Waals surface area contributed by atoms with E-state index in [-0.39, 0.29) is 0 Å². The zero-order valence-electron chi connectivity index (χ0n) is 11.2. The molecule has 0 atom stereocenters. The molecule has 1 aromatic heterocycles. The molecule has 0 saturated heterocycles. The summed E-state index contributed by atoms with van der Waals surface area (Å²) < 4.78 is 7.08. The van der Waals surface area contributed by atoms with Crippen molar-refractivity contribution >= 4 is 26.9 Å². The SMILES string of the molecule is CCCNCc1oc2ccc(Br)cc2c1C(C)C. The van der Waals surface area contributed by atoms with Gasteiger partial charge in [0.05, 0.1) is 6.54 Å². The largest absolute Gasteiger partial charge is 0.459 e. The van der Waals surface area contributed by atoms with Gasteiger partial charge < -0.3 is 9.73 Å². The van der Waals surface area contributed by atoms with Gasteiger partial charge in [0.1, 0.15) is 11.3 Å². The lowest BCUT2D eigenvalue weighted by Crippen LogP contribution is -2.14. The predicted octanol–water partition coefficient (Wildman–Crippen LogP) is 4.82. The molecule has 0 fully saturated rings. The van der Waals surface area contributed by atoms with Crippen LogP contribution >= 0.6 is 15.9 Å². The van der Waals surface area contributed by atoms with Gasteiger partial charge in [0.25, 0.3) is 0 Å². The second kappa shape index (κ2) is 5.89. The molecule has 0 aliphatic heterocycles. The van der Waals surface area contributed by atoms with Gasteiger partial charge in [0, 0.05) is 15.4 Å². The Bertz CT molecular complexity index is 531. The van der Waals surface area contributed by atoms with Crippen molar-refractivity contribution in [2.24, 2.45) is 0 Å². The molecule has 3 heteroatoms. The predicted molar refractivity (Wildman–Crippen MR) is 80.0 cm³/mol. The van der Waals surface area contributed by atoms with Crippen molar-refractivity contribution in [3.8, 4) is 0 Å². The van der Waals surface area contributed by atoms with E-state index in [9.17, 15) is 0 Å². The second-order valence-corrected chi connectivity index (χ2v) is 5.83. The number of fused-ring (bicyclic) bond motifs is 1. The summed E-state index contributed by atoms with van der Waals surface area (Å²) in [5.74, 6) is 1.55. The highest BCUT2D eigenvalue weighted by Crippen LogP contribution is 2.33. The van der Waals surface area contributed by atoms with E-state index in [1.807, 2.05) is 12.1 Å². The molecule has 98 valence electrons. The van der Waals surface area contributed by atoms with E-state index < -0.39 is 0 Å². The lowest BCUT2D eigenvalue weighted by atomic mass is 9.99. The zero-order valence-corrected chi connectivity index (χ0v) is 12.8. The Labute approximate surface area is 117 Å². The van der Waals surface area contributed by atoms with Crippen molar-refractivity contribution in [1.29, 1.82) is 0 Å². The normalized spacial score (nSPS) is 11.6. The monoisotopic (exact) mass is 309 g/mol. The summed E-state index contributed by atoms with van der Waals surface area (Å²) in [5, 5.41) is 4.65. The van der Waals surface area contributed by atoms with E-state index in [2.05, 4.69) is 48.1 Å². The maximum absolute atomic E-state index is 5.98. The molecular weight excluding hydrogens is 290 g/mol. The van der Waals surface area contributed by atoms with Crippen LogP contribution in [0.1, 0.15) is 44.4 Å². The fourth-order valence-electron chi connectivity index (χ4n) is 2.28. The Kier molecular flexibility index (Phi) is 4.46. The summed E-state index contributed by atoms with van der Waals surface area (Å²) in [6.45, 7) is 8.45. The number of furan rings is 1.